The van der Waals surface area contributed by atoms with Crippen LogP contribution in [0.15, 0.2) is 82.4 Å². The molecule has 2 heterocycles. The van der Waals surface area contributed by atoms with E-state index in [-0.39, 0.29) is 18.7 Å². The van der Waals surface area contributed by atoms with Crippen LogP contribution in [0.2, 0.25) is 0 Å². The Hall–Kier alpha value is -4.28. The van der Waals surface area contributed by atoms with Crippen molar-refractivity contribution >= 4 is 5.69 Å². The van der Waals surface area contributed by atoms with Crippen molar-refractivity contribution in [1.82, 2.24) is 14.0 Å². The van der Waals surface area contributed by atoms with E-state index in [0.29, 0.717) is 37.6 Å². The molecule has 10 heteroatoms. The second-order valence-corrected chi connectivity index (χ2v) is 10.9. The highest BCUT2D eigenvalue weighted by molar-refractivity contribution is 5.50. The molecule has 5 rings (SSSR count). The van der Waals surface area contributed by atoms with Crippen LogP contribution in [-0.2, 0) is 19.5 Å². The van der Waals surface area contributed by atoms with Crippen LogP contribution in [0.5, 0.6) is 5.75 Å². The highest BCUT2D eigenvalue weighted by Crippen LogP contribution is 2.21. The molecule has 1 aliphatic rings. The zero-order chi connectivity index (χ0) is 30.5. The Balaban J connectivity index is 1.43. The third kappa shape index (κ3) is 6.71. The molecular formula is C33H37F2N5O3. The normalized spacial score (nSPS) is 14.6. The van der Waals surface area contributed by atoms with Gasteiger partial charge in [0.2, 0.25) is 0 Å². The van der Waals surface area contributed by atoms with Gasteiger partial charge in [-0.1, -0.05) is 48.5 Å². The average Bonchev–Trinajstić information content (AvgIpc) is 3.02. The van der Waals surface area contributed by atoms with E-state index in [4.69, 9.17) is 10.5 Å². The maximum Gasteiger partial charge on any atom is 0.331 e. The number of rotatable bonds is 10. The van der Waals surface area contributed by atoms with Gasteiger partial charge in [-0.05, 0) is 48.7 Å². The minimum Gasteiger partial charge on any atom is -0.497 e. The molecule has 0 amide bonds. The molecular weight excluding hydrogens is 552 g/mol. The third-order valence-corrected chi connectivity index (χ3v) is 8.18. The maximum absolute atomic E-state index is 14.7. The van der Waals surface area contributed by atoms with Gasteiger partial charge in [0.1, 0.15) is 23.1 Å². The summed E-state index contributed by atoms with van der Waals surface area (Å²) in [5.41, 5.74) is 7.77. The first kappa shape index (κ1) is 30.2. The zero-order valence-electron chi connectivity index (χ0n) is 24.5. The number of methoxy groups -OCH3 is 1. The molecule has 3 aromatic carbocycles. The predicted molar refractivity (Wildman–Crippen MR) is 164 cm³/mol. The minimum absolute atomic E-state index is 0.0742. The minimum atomic E-state index is -0.753. The van der Waals surface area contributed by atoms with Gasteiger partial charge in [0, 0.05) is 50.0 Å². The van der Waals surface area contributed by atoms with Gasteiger partial charge in [0.25, 0.3) is 5.56 Å². The molecule has 1 aromatic heterocycles. The smallest absolute Gasteiger partial charge is 0.331 e. The van der Waals surface area contributed by atoms with E-state index in [1.807, 2.05) is 53.4 Å². The molecule has 0 aliphatic carbocycles. The number of hydrogen-bond acceptors (Lipinski definition) is 6. The second-order valence-electron chi connectivity index (χ2n) is 10.9. The number of piperazine rings is 1. The van der Waals surface area contributed by atoms with Crippen LogP contribution < -0.4 is 26.6 Å². The lowest BCUT2D eigenvalue weighted by Gasteiger charge is -2.37. The van der Waals surface area contributed by atoms with E-state index in [9.17, 15) is 18.4 Å². The van der Waals surface area contributed by atoms with Crippen LogP contribution in [0.4, 0.5) is 14.5 Å². The largest absolute Gasteiger partial charge is 0.497 e. The summed E-state index contributed by atoms with van der Waals surface area (Å²) in [7, 11) is 1.65. The SMILES string of the molecule is COc1cccc(CCN2CCN(c3c(C)n(Cc4c(F)cccc4F)c(=O)n(C[C@@H](N)c4ccccc4)c3=O)CC2)c1. The van der Waals surface area contributed by atoms with Crippen molar-refractivity contribution in [2.75, 3.05) is 44.7 Å². The average molecular weight is 590 g/mol. The zero-order valence-corrected chi connectivity index (χ0v) is 24.5. The summed E-state index contributed by atoms with van der Waals surface area (Å²) in [5, 5.41) is 0. The molecule has 0 unspecified atom stereocenters. The lowest BCUT2D eigenvalue weighted by Crippen LogP contribution is -2.52. The Morgan fingerprint density at radius 2 is 1.56 bits per heavy atom. The summed E-state index contributed by atoms with van der Waals surface area (Å²) in [4.78, 5) is 32.0. The van der Waals surface area contributed by atoms with Gasteiger partial charge in [-0.25, -0.2) is 13.6 Å². The van der Waals surface area contributed by atoms with E-state index in [1.165, 1.54) is 16.2 Å². The van der Waals surface area contributed by atoms with Gasteiger partial charge in [-0.2, -0.15) is 0 Å². The summed E-state index contributed by atoms with van der Waals surface area (Å²) < 4.78 is 37.1. The van der Waals surface area contributed by atoms with E-state index < -0.39 is 28.9 Å². The molecule has 0 spiro atoms. The van der Waals surface area contributed by atoms with Crippen LogP contribution in [0.1, 0.15) is 28.4 Å². The van der Waals surface area contributed by atoms with E-state index in [2.05, 4.69) is 11.0 Å². The lowest BCUT2D eigenvalue weighted by atomic mass is 10.1. The molecule has 1 fully saturated rings. The Morgan fingerprint density at radius 1 is 0.884 bits per heavy atom. The van der Waals surface area contributed by atoms with Gasteiger partial charge in [-0.3, -0.25) is 18.8 Å². The van der Waals surface area contributed by atoms with Crippen LogP contribution >= 0.6 is 0 Å². The Labute approximate surface area is 249 Å². The fourth-order valence-corrected chi connectivity index (χ4v) is 5.65. The fourth-order valence-electron chi connectivity index (χ4n) is 5.65. The third-order valence-electron chi connectivity index (χ3n) is 8.18. The van der Waals surface area contributed by atoms with Gasteiger partial charge in [0.15, 0.2) is 0 Å². The van der Waals surface area contributed by atoms with E-state index in [1.54, 1.807) is 14.0 Å². The maximum atomic E-state index is 14.7. The van der Waals surface area contributed by atoms with Crippen molar-refractivity contribution in [3.63, 3.8) is 0 Å². The molecule has 8 nitrogen and oxygen atoms in total. The molecule has 2 N–H and O–H groups in total. The Bertz CT molecular complexity index is 1660. The number of benzene rings is 3. The summed E-state index contributed by atoms with van der Waals surface area (Å²) in [6.07, 6.45) is 0.861. The van der Waals surface area contributed by atoms with E-state index in [0.717, 1.165) is 41.0 Å². The molecule has 4 aromatic rings. The van der Waals surface area contributed by atoms with Gasteiger partial charge in [0.05, 0.1) is 20.2 Å². The predicted octanol–water partition coefficient (Wildman–Crippen LogP) is 3.72. The summed E-state index contributed by atoms with van der Waals surface area (Å²) in [6, 6.07) is 20.2. The fraction of sp³-hybridized carbons (Fsp3) is 0.333. The first-order valence-corrected chi connectivity index (χ1v) is 14.4. The first-order valence-electron chi connectivity index (χ1n) is 14.4. The van der Waals surface area contributed by atoms with E-state index >= 15 is 0 Å². The highest BCUT2D eigenvalue weighted by atomic mass is 19.1. The lowest BCUT2D eigenvalue weighted by molar-refractivity contribution is 0.260. The molecule has 226 valence electrons. The van der Waals surface area contributed by atoms with Crippen LogP contribution in [0.25, 0.3) is 0 Å². The Kier molecular flexibility index (Phi) is 9.37. The van der Waals surface area contributed by atoms with Gasteiger partial charge in [-0.15, -0.1) is 0 Å². The monoisotopic (exact) mass is 589 g/mol. The van der Waals surface area contributed by atoms with Crippen molar-refractivity contribution in [2.24, 2.45) is 5.73 Å². The van der Waals surface area contributed by atoms with Crippen LogP contribution in [-0.4, -0.2) is 53.9 Å². The molecule has 0 bridgehead atoms. The quantitative estimate of drug-likeness (QED) is 0.304. The summed E-state index contributed by atoms with van der Waals surface area (Å²) in [5.74, 6) is -0.682. The number of halogens is 2. The number of nitrogens with two attached hydrogens (primary N) is 1. The van der Waals surface area contributed by atoms with Crippen molar-refractivity contribution in [3.8, 4) is 5.75 Å². The van der Waals surface area contributed by atoms with Crippen molar-refractivity contribution in [1.29, 1.82) is 0 Å². The summed E-state index contributed by atoms with van der Waals surface area (Å²) in [6.45, 7) is 4.64. The number of nitrogens with zero attached hydrogens (tertiary/aromatic N) is 4. The first-order chi connectivity index (χ1) is 20.8. The molecule has 1 atom stereocenters. The molecule has 43 heavy (non-hydrogen) atoms. The van der Waals surface area contributed by atoms with Crippen LogP contribution in [0.3, 0.4) is 0 Å². The van der Waals surface area contributed by atoms with Crippen LogP contribution in [0, 0.1) is 18.6 Å². The molecule has 1 saturated heterocycles. The molecule has 0 radical (unpaired) electrons. The standard InChI is InChI=1S/C33H37F2N5O3/c1-23-31(38-18-16-37(17-19-38)15-14-24-8-6-11-26(20-24)43-2)32(41)40(22-30(36)25-9-4-3-5-10-25)33(42)39(23)21-27-28(34)12-7-13-29(27)35/h3-13,20,30H,14-19,21-22,36H2,1-2H3/t30-/m1/s1. The Morgan fingerprint density at radius 3 is 2.23 bits per heavy atom. The van der Waals surface area contributed by atoms with Gasteiger partial charge >= 0.3 is 5.69 Å². The summed E-state index contributed by atoms with van der Waals surface area (Å²) >= 11 is 0. The van der Waals surface area contributed by atoms with Crippen molar-refractivity contribution < 1.29 is 13.5 Å². The molecule has 1 aliphatic heterocycles. The second kappa shape index (κ2) is 13.4. The topological polar surface area (TPSA) is 85.7 Å². The number of aromatic nitrogens is 2. The van der Waals surface area contributed by atoms with Crippen molar-refractivity contribution in [2.45, 2.75) is 32.5 Å². The molecule has 0 saturated carbocycles. The van der Waals surface area contributed by atoms with Gasteiger partial charge < -0.3 is 15.4 Å². The van der Waals surface area contributed by atoms with Crippen molar-refractivity contribution in [3.05, 3.63) is 128 Å². The highest BCUT2D eigenvalue weighted by Gasteiger charge is 2.26. The number of hydrogen-bond donors (Lipinski definition) is 1. The number of anilines is 1. The number of ether oxygens (including phenoxy) is 1.